The van der Waals surface area contributed by atoms with Crippen LogP contribution in [0.2, 0.25) is 5.02 Å². The van der Waals surface area contributed by atoms with Crippen molar-refractivity contribution in [1.29, 1.82) is 0 Å². The normalized spacial score (nSPS) is 18.7. The Morgan fingerprint density at radius 3 is 3.12 bits per heavy atom. The minimum absolute atomic E-state index is 0.128. The molecule has 0 saturated carbocycles. The number of halogens is 1. The Bertz CT molecular complexity index is 969. The molecule has 1 fully saturated rings. The van der Waals surface area contributed by atoms with Crippen molar-refractivity contribution in [1.82, 2.24) is 24.8 Å². The lowest BCUT2D eigenvalue weighted by Crippen LogP contribution is -2.45. The summed E-state index contributed by atoms with van der Waals surface area (Å²) >= 11 is 7.63. The number of piperazine rings is 1. The molecule has 130 valence electrons. The summed E-state index contributed by atoms with van der Waals surface area (Å²) in [5.41, 5.74) is 1.78. The van der Waals surface area contributed by atoms with Crippen molar-refractivity contribution in [3.63, 3.8) is 0 Å². The topological polar surface area (TPSA) is 62.5 Å². The van der Waals surface area contributed by atoms with Crippen LogP contribution in [0, 0.1) is 6.92 Å². The van der Waals surface area contributed by atoms with Gasteiger partial charge in [-0.1, -0.05) is 35.1 Å². The highest BCUT2D eigenvalue weighted by atomic mass is 35.5. The molecule has 3 heterocycles. The number of hydrogen-bond acceptors (Lipinski definition) is 6. The molecule has 1 atom stereocenters. The van der Waals surface area contributed by atoms with Gasteiger partial charge in [0.05, 0.1) is 6.54 Å². The summed E-state index contributed by atoms with van der Waals surface area (Å²) in [7, 11) is 0. The first-order valence-electron chi connectivity index (χ1n) is 8.17. The predicted molar refractivity (Wildman–Crippen MR) is 99.3 cm³/mol. The third-order valence-electron chi connectivity index (χ3n) is 4.34. The van der Waals surface area contributed by atoms with Gasteiger partial charge in [-0.3, -0.25) is 9.69 Å². The summed E-state index contributed by atoms with van der Waals surface area (Å²) in [4.78, 5) is 19.5. The minimum Gasteiger partial charge on any atom is -0.314 e. The van der Waals surface area contributed by atoms with Crippen LogP contribution in [-0.4, -0.2) is 39.1 Å². The number of nitrogens with zero attached hydrogens (tertiary/aromatic N) is 4. The van der Waals surface area contributed by atoms with Crippen molar-refractivity contribution in [2.45, 2.75) is 19.5 Å². The molecule has 6 nitrogen and oxygen atoms in total. The van der Waals surface area contributed by atoms with E-state index in [9.17, 15) is 4.79 Å². The van der Waals surface area contributed by atoms with E-state index in [4.69, 9.17) is 11.6 Å². The molecule has 1 aliphatic heterocycles. The highest BCUT2D eigenvalue weighted by Gasteiger charge is 2.25. The molecule has 0 bridgehead atoms. The van der Waals surface area contributed by atoms with Gasteiger partial charge in [0.2, 0.25) is 4.96 Å². The molecule has 4 rings (SSSR count). The number of fused-ring (bicyclic) bond motifs is 1. The zero-order valence-electron chi connectivity index (χ0n) is 13.8. The second-order valence-electron chi connectivity index (χ2n) is 6.17. The number of aromatic nitrogens is 3. The van der Waals surface area contributed by atoms with Crippen LogP contribution in [0.1, 0.15) is 22.3 Å². The van der Waals surface area contributed by atoms with Crippen LogP contribution in [0.4, 0.5) is 0 Å². The van der Waals surface area contributed by atoms with Gasteiger partial charge >= 0.3 is 0 Å². The molecule has 0 amide bonds. The number of hydrogen-bond donors (Lipinski definition) is 1. The Morgan fingerprint density at radius 2 is 2.28 bits per heavy atom. The summed E-state index contributed by atoms with van der Waals surface area (Å²) in [6.45, 7) is 5.22. The summed E-state index contributed by atoms with van der Waals surface area (Å²) in [6.07, 6.45) is 0. The lowest BCUT2D eigenvalue weighted by molar-refractivity contribution is 0.153. The molecule has 2 aromatic heterocycles. The van der Waals surface area contributed by atoms with Crippen LogP contribution in [0.5, 0.6) is 0 Å². The maximum atomic E-state index is 12.1. The SMILES string of the molecule is Cc1cc(=O)n2nc(CN3CCNCC3c3cccc(Cl)c3)sc2n1. The van der Waals surface area contributed by atoms with Gasteiger partial charge in [-0.05, 0) is 24.6 Å². The van der Waals surface area contributed by atoms with E-state index in [1.54, 1.807) is 0 Å². The predicted octanol–water partition coefficient (Wildman–Crippen LogP) is 2.26. The van der Waals surface area contributed by atoms with Gasteiger partial charge in [-0.2, -0.15) is 9.61 Å². The van der Waals surface area contributed by atoms with Crippen molar-refractivity contribution in [2.75, 3.05) is 19.6 Å². The van der Waals surface area contributed by atoms with Crippen LogP contribution >= 0.6 is 22.9 Å². The standard InChI is InChI=1S/C17H18ClN5OS/c1-11-7-16(24)23-17(20-11)25-15(21-23)10-22-6-5-19-9-14(22)12-3-2-4-13(18)8-12/h2-4,7-8,14,19H,5-6,9-10H2,1H3. The minimum atomic E-state index is -0.128. The fourth-order valence-electron chi connectivity index (χ4n) is 3.18. The van der Waals surface area contributed by atoms with Crippen LogP contribution in [-0.2, 0) is 6.54 Å². The number of rotatable bonds is 3. The van der Waals surface area contributed by atoms with E-state index in [0.717, 1.165) is 35.4 Å². The Morgan fingerprint density at radius 1 is 1.40 bits per heavy atom. The van der Waals surface area contributed by atoms with Gasteiger partial charge < -0.3 is 5.32 Å². The van der Waals surface area contributed by atoms with Gasteiger partial charge in [-0.15, -0.1) is 0 Å². The maximum Gasteiger partial charge on any atom is 0.275 e. The highest BCUT2D eigenvalue weighted by Crippen LogP contribution is 2.27. The average Bonchev–Trinajstić information content (AvgIpc) is 2.98. The van der Waals surface area contributed by atoms with E-state index in [0.29, 0.717) is 11.5 Å². The molecule has 0 spiro atoms. The molecular formula is C17H18ClN5OS. The van der Waals surface area contributed by atoms with Crippen molar-refractivity contribution in [3.05, 3.63) is 62.0 Å². The Hall–Kier alpha value is -1.80. The molecule has 1 N–H and O–H groups in total. The fraction of sp³-hybridized carbons (Fsp3) is 0.353. The first kappa shape index (κ1) is 16.7. The van der Waals surface area contributed by atoms with E-state index >= 15 is 0 Å². The van der Waals surface area contributed by atoms with Crippen LogP contribution in [0.15, 0.2) is 35.1 Å². The smallest absolute Gasteiger partial charge is 0.275 e. The first-order valence-corrected chi connectivity index (χ1v) is 9.36. The average molecular weight is 376 g/mol. The van der Waals surface area contributed by atoms with E-state index in [1.807, 2.05) is 25.1 Å². The molecule has 3 aromatic rings. The Balaban J connectivity index is 1.64. The number of aryl methyl sites for hydroxylation is 1. The lowest BCUT2D eigenvalue weighted by atomic mass is 10.0. The molecule has 0 aliphatic carbocycles. The molecule has 1 aromatic carbocycles. The van der Waals surface area contributed by atoms with Crippen LogP contribution in [0.25, 0.3) is 4.96 Å². The highest BCUT2D eigenvalue weighted by molar-refractivity contribution is 7.16. The molecule has 1 aliphatic rings. The van der Waals surface area contributed by atoms with Crippen molar-refractivity contribution >= 4 is 27.9 Å². The van der Waals surface area contributed by atoms with Crippen molar-refractivity contribution in [3.8, 4) is 0 Å². The van der Waals surface area contributed by atoms with Crippen molar-refractivity contribution in [2.24, 2.45) is 0 Å². The number of nitrogens with one attached hydrogen (secondary N) is 1. The monoisotopic (exact) mass is 375 g/mol. The van der Waals surface area contributed by atoms with Gasteiger partial charge in [0.1, 0.15) is 5.01 Å². The molecule has 0 radical (unpaired) electrons. The second-order valence-corrected chi connectivity index (χ2v) is 7.65. The van der Waals surface area contributed by atoms with Gasteiger partial charge in [0, 0.05) is 42.5 Å². The van der Waals surface area contributed by atoms with E-state index < -0.39 is 0 Å². The maximum absolute atomic E-state index is 12.1. The Labute approximate surface area is 154 Å². The third-order valence-corrected chi connectivity index (χ3v) is 5.47. The van der Waals surface area contributed by atoms with E-state index in [2.05, 4.69) is 26.4 Å². The summed E-state index contributed by atoms with van der Waals surface area (Å²) < 4.78 is 1.39. The number of benzene rings is 1. The summed E-state index contributed by atoms with van der Waals surface area (Å²) in [6, 6.07) is 9.72. The van der Waals surface area contributed by atoms with Crippen LogP contribution in [0.3, 0.4) is 0 Å². The van der Waals surface area contributed by atoms with Gasteiger partial charge in [0.25, 0.3) is 5.56 Å². The Kier molecular flexibility index (Phi) is 4.56. The van der Waals surface area contributed by atoms with Gasteiger partial charge in [-0.25, -0.2) is 4.98 Å². The molecule has 1 unspecified atom stereocenters. The van der Waals surface area contributed by atoms with Crippen molar-refractivity contribution < 1.29 is 0 Å². The summed E-state index contributed by atoms with van der Waals surface area (Å²) in [5.74, 6) is 0. The summed E-state index contributed by atoms with van der Waals surface area (Å²) in [5, 5.41) is 9.54. The fourth-order valence-corrected chi connectivity index (χ4v) is 4.35. The molecule has 1 saturated heterocycles. The molecular weight excluding hydrogens is 358 g/mol. The molecule has 8 heteroatoms. The zero-order valence-corrected chi connectivity index (χ0v) is 15.3. The zero-order chi connectivity index (χ0) is 17.4. The van der Waals surface area contributed by atoms with Crippen LogP contribution < -0.4 is 10.9 Å². The largest absolute Gasteiger partial charge is 0.314 e. The van der Waals surface area contributed by atoms with E-state index in [1.165, 1.54) is 27.5 Å². The quantitative estimate of drug-likeness (QED) is 0.760. The third kappa shape index (κ3) is 3.46. The molecule has 25 heavy (non-hydrogen) atoms. The lowest BCUT2D eigenvalue weighted by Gasteiger charge is -2.35. The first-order chi connectivity index (χ1) is 12.1. The van der Waals surface area contributed by atoms with E-state index in [-0.39, 0.29) is 11.6 Å². The second kappa shape index (κ2) is 6.84. The van der Waals surface area contributed by atoms with Gasteiger partial charge in [0.15, 0.2) is 0 Å².